The summed E-state index contributed by atoms with van der Waals surface area (Å²) in [6.45, 7) is 2.15. The SMILES string of the molecule is CCCCCC#CC=O. The Labute approximate surface area is 56.5 Å². The second-order valence-corrected chi connectivity index (χ2v) is 1.90. The molecule has 0 saturated carbocycles. The lowest BCUT2D eigenvalue weighted by Crippen LogP contribution is -1.70. The average molecular weight is 124 g/mol. The molecule has 0 saturated heterocycles. The fourth-order valence-corrected chi connectivity index (χ4v) is 0.577. The van der Waals surface area contributed by atoms with Gasteiger partial charge in [0.2, 0.25) is 0 Å². The van der Waals surface area contributed by atoms with Gasteiger partial charge in [-0.05, 0) is 12.3 Å². The second kappa shape index (κ2) is 7.23. The third kappa shape index (κ3) is 7.23. The zero-order valence-electron chi connectivity index (χ0n) is 5.81. The molecule has 0 aliphatic rings. The van der Waals surface area contributed by atoms with Crippen LogP contribution in [0.2, 0.25) is 0 Å². The van der Waals surface area contributed by atoms with E-state index in [-0.39, 0.29) is 0 Å². The molecule has 0 radical (unpaired) electrons. The summed E-state index contributed by atoms with van der Waals surface area (Å²) in [5.41, 5.74) is 0. The summed E-state index contributed by atoms with van der Waals surface area (Å²) in [5.74, 6) is 5.13. The number of hydrogen-bond donors (Lipinski definition) is 0. The van der Waals surface area contributed by atoms with E-state index in [4.69, 9.17) is 0 Å². The lowest BCUT2D eigenvalue weighted by molar-refractivity contribution is -0.103. The van der Waals surface area contributed by atoms with Gasteiger partial charge in [-0.25, -0.2) is 0 Å². The van der Waals surface area contributed by atoms with Crippen LogP contribution >= 0.6 is 0 Å². The summed E-state index contributed by atoms with van der Waals surface area (Å²) in [5, 5.41) is 0. The maximum atomic E-state index is 9.66. The van der Waals surface area contributed by atoms with Gasteiger partial charge in [0.25, 0.3) is 0 Å². The zero-order chi connectivity index (χ0) is 6.95. The van der Waals surface area contributed by atoms with Gasteiger partial charge < -0.3 is 0 Å². The predicted molar refractivity (Wildman–Crippen MR) is 38.0 cm³/mol. The first-order valence-electron chi connectivity index (χ1n) is 3.34. The molecule has 0 bridgehead atoms. The van der Waals surface area contributed by atoms with Gasteiger partial charge in [-0.2, -0.15) is 0 Å². The second-order valence-electron chi connectivity index (χ2n) is 1.90. The molecule has 1 nitrogen and oxygen atoms in total. The molecule has 0 spiro atoms. The van der Waals surface area contributed by atoms with E-state index >= 15 is 0 Å². The summed E-state index contributed by atoms with van der Waals surface area (Å²) < 4.78 is 0. The molecule has 0 aromatic heterocycles. The highest BCUT2D eigenvalue weighted by Gasteiger charge is 1.79. The first-order chi connectivity index (χ1) is 4.41. The summed E-state index contributed by atoms with van der Waals surface area (Å²) in [4.78, 5) is 9.66. The highest BCUT2D eigenvalue weighted by Crippen LogP contribution is 1.95. The Morgan fingerprint density at radius 1 is 1.44 bits per heavy atom. The molecule has 0 aromatic carbocycles. The fraction of sp³-hybridized carbons (Fsp3) is 0.625. The predicted octanol–water partition coefficient (Wildman–Crippen LogP) is 1.77. The van der Waals surface area contributed by atoms with Crippen LogP contribution in [0.15, 0.2) is 0 Å². The largest absolute Gasteiger partial charge is 0.289 e. The molecular formula is C8H12O. The number of carbonyl (C=O) groups excluding carboxylic acids is 1. The standard InChI is InChI=1S/C8H12O/c1-2-3-4-5-6-7-8-9/h8H,2-5H2,1H3. The van der Waals surface area contributed by atoms with Gasteiger partial charge in [-0.1, -0.05) is 25.7 Å². The number of rotatable bonds is 3. The van der Waals surface area contributed by atoms with Crippen LogP contribution in [0.5, 0.6) is 0 Å². The Kier molecular flexibility index (Phi) is 6.61. The molecule has 1 heteroatoms. The minimum atomic E-state index is 0.645. The van der Waals surface area contributed by atoms with Crippen LogP contribution in [0.25, 0.3) is 0 Å². The van der Waals surface area contributed by atoms with Crippen molar-refractivity contribution in [2.45, 2.75) is 32.6 Å². The molecule has 0 aliphatic carbocycles. The van der Waals surface area contributed by atoms with E-state index < -0.39 is 0 Å². The van der Waals surface area contributed by atoms with Crippen LogP contribution in [0.1, 0.15) is 32.6 Å². The van der Waals surface area contributed by atoms with Gasteiger partial charge in [-0.15, -0.1) is 0 Å². The molecule has 0 heterocycles. The summed E-state index contributed by atoms with van der Waals surface area (Å²) in [6, 6.07) is 0. The van der Waals surface area contributed by atoms with Gasteiger partial charge in [-0.3, -0.25) is 4.79 Å². The summed E-state index contributed by atoms with van der Waals surface area (Å²) in [6.07, 6.45) is 5.06. The average Bonchev–Trinajstić information content (AvgIpc) is 1.89. The van der Waals surface area contributed by atoms with Crippen molar-refractivity contribution in [2.75, 3.05) is 0 Å². The van der Waals surface area contributed by atoms with Gasteiger partial charge in [0.05, 0.1) is 0 Å². The van der Waals surface area contributed by atoms with Crippen molar-refractivity contribution in [1.82, 2.24) is 0 Å². The van der Waals surface area contributed by atoms with Gasteiger partial charge in [0, 0.05) is 6.42 Å². The molecule has 0 unspecified atom stereocenters. The van der Waals surface area contributed by atoms with Crippen LogP contribution in [-0.4, -0.2) is 6.29 Å². The molecule has 0 fully saturated rings. The van der Waals surface area contributed by atoms with Crippen molar-refractivity contribution in [2.24, 2.45) is 0 Å². The Morgan fingerprint density at radius 3 is 2.78 bits per heavy atom. The van der Waals surface area contributed by atoms with Crippen molar-refractivity contribution >= 4 is 6.29 Å². The topological polar surface area (TPSA) is 17.1 Å². The van der Waals surface area contributed by atoms with Crippen LogP contribution < -0.4 is 0 Å². The molecule has 0 aliphatic heterocycles. The van der Waals surface area contributed by atoms with Crippen molar-refractivity contribution in [3.05, 3.63) is 0 Å². The minimum absolute atomic E-state index is 0.645. The van der Waals surface area contributed by atoms with Crippen LogP contribution in [0.3, 0.4) is 0 Å². The highest BCUT2D eigenvalue weighted by molar-refractivity contribution is 5.72. The molecule has 0 amide bonds. The van der Waals surface area contributed by atoms with Crippen LogP contribution in [0.4, 0.5) is 0 Å². The van der Waals surface area contributed by atoms with Gasteiger partial charge in [0.1, 0.15) is 0 Å². The maximum absolute atomic E-state index is 9.66. The quantitative estimate of drug-likeness (QED) is 0.318. The Balaban J connectivity index is 2.99. The van der Waals surface area contributed by atoms with E-state index in [9.17, 15) is 4.79 Å². The van der Waals surface area contributed by atoms with E-state index in [0.29, 0.717) is 6.29 Å². The fourth-order valence-electron chi connectivity index (χ4n) is 0.577. The first kappa shape index (κ1) is 8.23. The van der Waals surface area contributed by atoms with Crippen molar-refractivity contribution < 1.29 is 4.79 Å². The van der Waals surface area contributed by atoms with Crippen molar-refractivity contribution in [3.8, 4) is 11.8 Å². The Bertz CT molecular complexity index is 116. The smallest absolute Gasteiger partial charge is 0.192 e. The molecule has 0 atom stereocenters. The number of unbranched alkanes of at least 4 members (excludes halogenated alkanes) is 3. The Hall–Kier alpha value is -0.770. The van der Waals surface area contributed by atoms with E-state index in [0.717, 1.165) is 12.8 Å². The van der Waals surface area contributed by atoms with Gasteiger partial charge >= 0.3 is 0 Å². The summed E-state index contributed by atoms with van der Waals surface area (Å²) >= 11 is 0. The van der Waals surface area contributed by atoms with E-state index in [1.54, 1.807) is 0 Å². The molecule has 0 aromatic rings. The number of hydrogen-bond acceptors (Lipinski definition) is 1. The third-order valence-corrected chi connectivity index (χ3v) is 1.07. The van der Waals surface area contributed by atoms with E-state index in [1.807, 2.05) is 0 Å². The molecule has 0 N–H and O–H groups in total. The first-order valence-corrected chi connectivity index (χ1v) is 3.34. The molecule has 50 valence electrons. The summed E-state index contributed by atoms with van der Waals surface area (Å²) in [7, 11) is 0. The van der Waals surface area contributed by atoms with E-state index in [1.165, 1.54) is 12.8 Å². The van der Waals surface area contributed by atoms with Crippen molar-refractivity contribution in [3.63, 3.8) is 0 Å². The lowest BCUT2D eigenvalue weighted by atomic mass is 10.2. The molecule has 9 heavy (non-hydrogen) atoms. The lowest BCUT2D eigenvalue weighted by Gasteiger charge is -1.86. The number of carbonyl (C=O) groups is 1. The molecular weight excluding hydrogens is 112 g/mol. The Morgan fingerprint density at radius 2 is 2.22 bits per heavy atom. The third-order valence-electron chi connectivity index (χ3n) is 1.07. The maximum Gasteiger partial charge on any atom is 0.192 e. The minimum Gasteiger partial charge on any atom is -0.289 e. The van der Waals surface area contributed by atoms with Gasteiger partial charge in [0.15, 0.2) is 6.29 Å². The highest BCUT2D eigenvalue weighted by atomic mass is 16.1. The van der Waals surface area contributed by atoms with Crippen LogP contribution in [-0.2, 0) is 4.79 Å². The number of aldehydes is 1. The monoisotopic (exact) mass is 124 g/mol. The normalized spacial score (nSPS) is 7.67. The van der Waals surface area contributed by atoms with Crippen LogP contribution in [0, 0.1) is 11.8 Å². The van der Waals surface area contributed by atoms with E-state index in [2.05, 4.69) is 18.8 Å². The molecule has 0 rings (SSSR count). The van der Waals surface area contributed by atoms with Crippen molar-refractivity contribution in [1.29, 1.82) is 0 Å². The zero-order valence-corrected chi connectivity index (χ0v) is 5.81.